The molecule has 1 aromatic carbocycles. The van der Waals surface area contributed by atoms with Gasteiger partial charge in [0.05, 0.1) is 12.0 Å². The van der Waals surface area contributed by atoms with E-state index in [0.717, 1.165) is 17.7 Å². The van der Waals surface area contributed by atoms with Gasteiger partial charge in [-0.1, -0.05) is 31.9 Å². The fraction of sp³-hybridized carbons (Fsp3) is 0.500. The van der Waals surface area contributed by atoms with Crippen molar-refractivity contribution < 1.29 is 15.0 Å². The molecule has 4 heteroatoms. The van der Waals surface area contributed by atoms with E-state index in [9.17, 15) is 9.90 Å². The van der Waals surface area contributed by atoms with E-state index >= 15 is 0 Å². The van der Waals surface area contributed by atoms with Gasteiger partial charge in [0.15, 0.2) is 0 Å². The molecule has 0 radical (unpaired) electrons. The number of carbonyl (C=O) groups is 1. The lowest BCUT2D eigenvalue weighted by molar-refractivity contribution is -0.146. The Morgan fingerprint density at radius 3 is 2.39 bits per heavy atom. The number of aliphatic hydroxyl groups is 1. The number of hydrogen-bond acceptors (Lipinski definition) is 3. The number of aliphatic carboxylic acids is 1. The first kappa shape index (κ1) is 15.1. The summed E-state index contributed by atoms with van der Waals surface area (Å²) in [5, 5.41) is 19.3. The van der Waals surface area contributed by atoms with Crippen LogP contribution in [0.3, 0.4) is 0 Å². The molecule has 0 fully saturated rings. The summed E-state index contributed by atoms with van der Waals surface area (Å²) >= 11 is 1.62. The van der Waals surface area contributed by atoms with Gasteiger partial charge in [0.1, 0.15) is 0 Å². The lowest BCUT2D eigenvalue weighted by Gasteiger charge is -2.19. The minimum absolute atomic E-state index is 0.511. The predicted molar refractivity (Wildman–Crippen MR) is 73.8 cm³/mol. The molecule has 0 saturated heterocycles. The van der Waals surface area contributed by atoms with Gasteiger partial charge in [-0.05, 0) is 30.4 Å². The molecular formula is C14H20O3S. The van der Waals surface area contributed by atoms with Crippen molar-refractivity contribution in [2.24, 2.45) is 5.92 Å². The molecule has 0 saturated carbocycles. The number of unbranched alkanes of at least 4 members (excludes halogenated alkanes) is 1. The summed E-state index contributed by atoms with van der Waals surface area (Å²) in [6, 6.07) is 7.42. The number of hydrogen-bond donors (Lipinski definition) is 2. The van der Waals surface area contributed by atoms with E-state index in [1.807, 2.05) is 25.3 Å². The molecule has 0 aliphatic heterocycles. The topological polar surface area (TPSA) is 57.5 Å². The molecule has 100 valence electrons. The van der Waals surface area contributed by atoms with E-state index in [1.54, 1.807) is 23.9 Å². The van der Waals surface area contributed by atoms with Crippen LogP contribution < -0.4 is 0 Å². The first-order chi connectivity index (χ1) is 8.60. The average Bonchev–Trinajstić information content (AvgIpc) is 2.38. The molecule has 0 spiro atoms. The Morgan fingerprint density at radius 2 is 1.94 bits per heavy atom. The van der Waals surface area contributed by atoms with Gasteiger partial charge < -0.3 is 10.2 Å². The highest BCUT2D eigenvalue weighted by Crippen LogP contribution is 2.28. The second-order valence-corrected chi connectivity index (χ2v) is 5.18. The van der Waals surface area contributed by atoms with Crippen molar-refractivity contribution in [2.45, 2.75) is 37.2 Å². The second kappa shape index (κ2) is 7.44. The maximum atomic E-state index is 11.2. The molecule has 1 rings (SSSR count). The van der Waals surface area contributed by atoms with Gasteiger partial charge in [-0.25, -0.2) is 0 Å². The average molecular weight is 268 g/mol. The summed E-state index contributed by atoms with van der Waals surface area (Å²) in [6.45, 7) is 2.01. The molecule has 2 unspecified atom stereocenters. The summed E-state index contributed by atoms with van der Waals surface area (Å²) in [6.07, 6.45) is 3.31. The van der Waals surface area contributed by atoms with Crippen molar-refractivity contribution in [3.63, 3.8) is 0 Å². The standard InChI is InChI=1S/C14H20O3S/c1-3-4-5-12(14(16)17)13(15)10-6-8-11(18-2)9-7-10/h6-9,12-13,15H,3-5H2,1-2H3,(H,16,17). The monoisotopic (exact) mass is 268 g/mol. The summed E-state index contributed by atoms with van der Waals surface area (Å²) in [7, 11) is 0. The van der Waals surface area contributed by atoms with Crippen LogP contribution in [-0.4, -0.2) is 22.4 Å². The number of aliphatic hydroxyl groups excluding tert-OH is 1. The fourth-order valence-corrected chi connectivity index (χ4v) is 2.28. The van der Waals surface area contributed by atoms with Gasteiger partial charge >= 0.3 is 5.97 Å². The van der Waals surface area contributed by atoms with Gasteiger partial charge in [-0.15, -0.1) is 11.8 Å². The predicted octanol–water partition coefficient (Wildman–Crippen LogP) is 3.33. The number of carboxylic acids is 1. The van der Waals surface area contributed by atoms with Crippen LogP contribution in [0.25, 0.3) is 0 Å². The van der Waals surface area contributed by atoms with E-state index in [2.05, 4.69) is 0 Å². The van der Waals surface area contributed by atoms with Crippen LogP contribution in [0, 0.1) is 5.92 Å². The molecule has 0 aromatic heterocycles. The van der Waals surface area contributed by atoms with Crippen molar-refractivity contribution in [3.05, 3.63) is 29.8 Å². The molecule has 0 heterocycles. The van der Waals surface area contributed by atoms with Crippen LogP contribution in [0.15, 0.2) is 29.2 Å². The van der Waals surface area contributed by atoms with Gasteiger partial charge in [0.2, 0.25) is 0 Å². The number of rotatable bonds is 7. The van der Waals surface area contributed by atoms with E-state index in [0.29, 0.717) is 12.0 Å². The number of thioether (sulfide) groups is 1. The minimum Gasteiger partial charge on any atom is -0.481 e. The van der Waals surface area contributed by atoms with Crippen molar-refractivity contribution in [1.29, 1.82) is 0 Å². The molecule has 18 heavy (non-hydrogen) atoms. The molecule has 0 aliphatic carbocycles. The summed E-state index contributed by atoms with van der Waals surface area (Å²) < 4.78 is 0. The lowest BCUT2D eigenvalue weighted by Crippen LogP contribution is -2.22. The van der Waals surface area contributed by atoms with Crippen LogP contribution in [0.5, 0.6) is 0 Å². The molecule has 2 N–H and O–H groups in total. The highest BCUT2D eigenvalue weighted by atomic mass is 32.2. The van der Waals surface area contributed by atoms with Gasteiger partial charge in [-0.2, -0.15) is 0 Å². The zero-order chi connectivity index (χ0) is 13.5. The quantitative estimate of drug-likeness (QED) is 0.745. The second-order valence-electron chi connectivity index (χ2n) is 4.30. The van der Waals surface area contributed by atoms with Crippen molar-refractivity contribution in [3.8, 4) is 0 Å². The Kier molecular flexibility index (Phi) is 6.22. The SMILES string of the molecule is CCCCC(C(=O)O)C(O)c1ccc(SC)cc1. The minimum atomic E-state index is -0.926. The van der Waals surface area contributed by atoms with Crippen molar-refractivity contribution in [1.82, 2.24) is 0 Å². The van der Waals surface area contributed by atoms with Crippen LogP contribution in [0.4, 0.5) is 0 Å². The van der Waals surface area contributed by atoms with E-state index < -0.39 is 18.0 Å². The fourth-order valence-electron chi connectivity index (χ4n) is 1.87. The van der Waals surface area contributed by atoms with Crippen LogP contribution in [0.1, 0.15) is 37.9 Å². The van der Waals surface area contributed by atoms with Crippen molar-refractivity contribution >= 4 is 17.7 Å². The molecule has 0 bridgehead atoms. The van der Waals surface area contributed by atoms with Gasteiger partial charge in [-0.3, -0.25) is 4.79 Å². The first-order valence-corrected chi connectivity index (χ1v) is 7.37. The normalized spacial score (nSPS) is 14.2. The highest BCUT2D eigenvalue weighted by molar-refractivity contribution is 7.98. The third-order valence-corrected chi connectivity index (χ3v) is 3.77. The Labute approximate surface area is 112 Å². The molecule has 2 atom stereocenters. The zero-order valence-electron chi connectivity index (χ0n) is 10.8. The summed E-state index contributed by atoms with van der Waals surface area (Å²) in [5.74, 6) is -1.64. The molecular weight excluding hydrogens is 248 g/mol. The van der Waals surface area contributed by atoms with Crippen LogP contribution >= 0.6 is 11.8 Å². The van der Waals surface area contributed by atoms with E-state index in [4.69, 9.17) is 5.11 Å². The largest absolute Gasteiger partial charge is 0.481 e. The highest BCUT2D eigenvalue weighted by Gasteiger charge is 2.26. The first-order valence-electron chi connectivity index (χ1n) is 6.15. The molecule has 0 aliphatic rings. The maximum Gasteiger partial charge on any atom is 0.309 e. The number of benzene rings is 1. The Bertz CT molecular complexity index is 375. The molecule has 0 amide bonds. The molecule has 1 aromatic rings. The smallest absolute Gasteiger partial charge is 0.309 e. The zero-order valence-corrected chi connectivity index (χ0v) is 11.6. The van der Waals surface area contributed by atoms with Crippen molar-refractivity contribution in [2.75, 3.05) is 6.26 Å². The van der Waals surface area contributed by atoms with Crippen LogP contribution in [0.2, 0.25) is 0 Å². The third kappa shape index (κ3) is 4.03. The lowest BCUT2D eigenvalue weighted by atomic mass is 9.91. The molecule has 3 nitrogen and oxygen atoms in total. The third-order valence-electron chi connectivity index (χ3n) is 3.02. The van der Waals surface area contributed by atoms with Gasteiger partial charge in [0, 0.05) is 4.90 Å². The van der Waals surface area contributed by atoms with E-state index in [-0.39, 0.29) is 0 Å². The van der Waals surface area contributed by atoms with Crippen LogP contribution in [-0.2, 0) is 4.79 Å². The van der Waals surface area contributed by atoms with Gasteiger partial charge in [0.25, 0.3) is 0 Å². The van der Waals surface area contributed by atoms with E-state index in [1.165, 1.54) is 0 Å². The Hall–Kier alpha value is -1.00. The Morgan fingerprint density at radius 1 is 1.33 bits per heavy atom. The maximum absolute atomic E-state index is 11.2. The summed E-state index contributed by atoms with van der Waals surface area (Å²) in [5.41, 5.74) is 0.677. The summed E-state index contributed by atoms with van der Waals surface area (Å²) in [4.78, 5) is 12.3. The Balaban J connectivity index is 2.80. The number of carboxylic acid groups (broad SMARTS) is 1.